The summed E-state index contributed by atoms with van der Waals surface area (Å²) in [6.45, 7) is 3.39. The van der Waals surface area contributed by atoms with Crippen molar-refractivity contribution in [2.45, 2.75) is 20.0 Å². The lowest BCUT2D eigenvalue weighted by atomic mass is 10.1. The van der Waals surface area contributed by atoms with Crippen LogP contribution in [0, 0.1) is 6.92 Å². The lowest BCUT2D eigenvalue weighted by Crippen LogP contribution is -2.10. The van der Waals surface area contributed by atoms with Crippen molar-refractivity contribution in [2.24, 2.45) is 5.73 Å². The van der Waals surface area contributed by atoms with Gasteiger partial charge in [0.1, 0.15) is 23.7 Å². The first kappa shape index (κ1) is 21.4. The van der Waals surface area contributed by atoms with Gasteiger partial charge >= 0.3 is 0 Å². The summed E-state index contributed by atoms with van der Waals surface area (Å²) < 4.78 is 8.10. The Morgan fingerprint density at radius 2 is 2.13 bits per heavy atom. The van der Waals surface area contributed by atoms with Crippen molar-refractivity contribution in [2.75, 3.05) is 18.4 Å². The molecule has 1 aromatic carbocycles. The second-order valence-corrected chi connectivity index (χ2v) is 7.80. The zero-order chi connectivity index (χ0) is 21.8. The van der Waals surface area contributed by atoms with E-state index in [1.54, 1.807) is 18.7 Å². The number of anilines is 1. The van der Waals surface area contributed by atoms with Crippen LogP contribution in [0.25, 0.3) is 16.6 Å². The molecule has 0 atom stereocenters. The van der Waals surface area contributed by atoms with E-state index in [1.165, 1.54) is 0 Å². The minimum atomic E-state index is 0.181. The highest BCUT2D eigenvalue weighted by Gasteiger charge is 2.15. The fourth-order valence-electron chi connectivity index (χ4n) is 3.28. The zero-order valence-corrected chi connectivity index (χ0v) is 18.5. The van der Waals surface area contributed by atoms with Crippen LogP contribution in [-0.2, 0) is 6.61 Å². The molecule has 31 heavy (non-hydrogen) atoms. The number of nitrogens with one attached hydrogen (secondary N) is 1. The van der Waals surface area contributed by atoms with Gasteiger partial charge in [-0.15, -0.1) is 0 Å². The Bertz CT molecular complexity index is 1200. The highest BCUT2D eigenvalue weighted by Crippen LogP contribution is 2.33. The maximum absolute atomic E-state index is 6.55. The lowest BCUT2D eigenvalue weighted by molar-refractivity contribution is 0.309. The summed E-state index contributed by atoms with van der Waals surface area (Å²) in [6.07, 6.45) is 7.79. The standard InChI is InChI=1S/C22H22Cl2N6O/c1-14-10-18(30-9-8-26-13-30)15-4-2-5-19(21(15)29-14)31-12-16-17(23)11-28-22(20(16)24)27-7-3-6-25/h2,4-5,8-11,13H,3,6-7,12,25H2,1H3,(H,27,28). The summed E-state index contributed by atoms with van der Waals surface area (Å²) in [5.41, 5.74) is 8.82. The van der Waals surface area contributed by atoms with E-state index in [1.807, 2.05) is 42.0 Å². The van der Waals surface area contributed by atoms with Crippen LogP contribution in [0.3, 0.4) is 0 Å². The van der Waals surface area contributed by atoms with Gasteiger partial charge in [-0.25, -0.2) is 15.0 Å². The van der Waals surface area contributed by atoms with Crippen molar-refractivity contribution in [3.8, 4) is 11.4 Å². The van der Waals surface area contributed by atoms with Gasteiger partial charge in [-0.3, -0.25) is 0 Å². The molecule has 0 saturated carbocycles. The fraction of sp³-hybridized carbons (Fsp3) is 0.227. The van der Waals surface area contributed by atoms with E-state index >= 15 is 0 Å². The number of para-hydroxylation sites is 1. The average Bonchev–Trinajstić information content (AvgIpc) is 3.30. The topological polar surface area (TPSA) is 90.9 Å². The molecule has 160 valence electrons. The third kappa shape index (κ3) is 4.58. The van der Waals surface area contributed by atoms with Gasteiger partial charge in [-0.05, 0) is 32.0 Å². The van der Waals surface area contributed by atoms with Gasteiger partial charge in [0.05, 0.1) is 22.1 Å². The van der Waals surface area contributed by atoms with E-state index in [4.69, 9.17) is 38.7 Å². The molecule has 0 bridgehead atoms. The molecule has 0 saturated heterocycles. The van der Waals surface area contributed by atoms with Crippen molar-refractivity contribution in [1.82, 2.24) is 19.5 Å². The van der Waals surface area contributed by atoms with Gasteiger partial charge in [-0.1, -0.05) is 35.3 Å². The van der Waals surface area contributed by atoms with E-state index in [9.17, 15) is 0 Å². The number of nitrogens with zero attached hydrogens (tertiary/aromatic N) is 4. The van der Waals surface area contributed by atoms with Crippen molar-refractivity contribution >= 4 is 39.9 Å². The molecule has 0 spiro atoms. The predicted octanol–water partition coefficient (Wildman–Crippen LogP) is 4.77. The van der Waals surface area contributed by atoms with E-state index in [0.717, 1.165) is 28.7 Å². The summed E-state index contributed by atoms with van der Waals surface area (Å²) >= 11 is 12.9. The summed E-state index contributed by atoms with van der Waals surface area (Å²) in [6, 6.07) is 7.85. The van der Waals surface area contributed by atoms with Crippen LogP contribution >= 0.6 is 23.2 Å². The number of rotatable bonds is 8. The minimum Gasteiger partial charge on any atom is -0.487 e. The molecule has 3 heterocycles. The number of pyridine rings is 2. The summed E-state index contributed by atoms with van der Waals surface area (Å²) in [5, 5.41) is 5.02. The number of imidazole rings is 1. The number of hydrogen-bond acceptors (Lipinski definition) is 6. The quantitative estimate of drug-likeness (QED) is 0.371. The monoisotopic (exact) mass is 456 g/mol. The third-order valence-corrected chi connectivity index (χ3v) is 5.54. The van der Waals surface area contributed by atoms with E-state index in [2.05, 4.69) is 15.3 Å². The molecule has 4 aromatic rings. The fourth-order valence-corrected chi connectivity index (χ4v) is 3.80. The number of benzene rings is 1. The third-order valence-electron chi connectivity index (χ3n) is 4.80. The molecule has 4 rings (SSSR count). The average molecular weight is 457 g/mol. The minimum absolute atomic E-state index is 0.181. The van der Waals surface area contributed by atoms with Gasteiger partial charge in [0.15, 0.2) is 0 Å². The number of fused-ring (bicyclic) bond motifs is 1. The van der Waals surface area contributed by atoms with Gasteiger partial charge in [-0.2, -0.15) is 0 Å². The van der Waals surface area contributed by atoms with Crippen molar-refractivity contribution in [3.63, 3.8) is 0 Å². The number of nitrogens with two attached hydrogens (primary N) is 1. The van der Waals surface area contributed by atoms with Crippen LogP contribution in [0.5, 0.6) is 5.75 Å². The normalized spacial score (nSPS) is 11.1. The van der Waals surface area contributed by atoms with Crippen LogP contribution in [-0.4, -0.2) is 32.6 Å². The number of aromatic nitrogens is 4. The molecule has 3 aromatic heterocycles. The van der Waals surface area contributed by atoms with Crippen LogP contribution < -0.4 is 15.8 Å². The first-order valence-electron chi connectivity index (χ1n) is 9.86. The number of hydrogen-bond donors (Lipinski definition) is 2. The highest BCUT2D eigenvalue weighted by molar-refractivity contribution is 6.37. The van der Waals surface area contributed by atoms with Crippen LogP contribution in [0.4, 0.5) is 5.82 Å². The second kappa shape index (κ2) is 9.51. The second-order valence-electron chi connectivity index (χ2n) is 7.01. The van der Waals surface area contributed by atoms with Gasteiger partial charge < -0.3 is 20.4 Å². The molecule has 0 amide bonds. The molecule has 0 radical (unpaired) electrons. The Morgan fingerprint density at radius 3 is 2.90 bits per heavy atom. The summed E-state index contributed by atoms with van der Waals surface area (Å²) in [5.74, 6) is 1.21. The van der Waals surface area contributed by atoms with E-state index in [-0.39, 0.29) is 6.61 Å². The first-order chi connectivity index (χ1) is 15.1. The predicted molar refractivity (Wildman–Crippen MR) is 124 cm³/mol. The van der Waals surface area contributed by atoms with Crippen molar-refractivity contribution < 1.29 is 4.74 Å². The lowest BCUT2D eigenvalue weighted by Gasteiger charge is -2.15. The van der Waals surface area contributed by atoms with E-state index in [0.29, 0.717) is 40.3 Å². The van der Waals surface area contributed by atoms with Crippen LogP contribution in [0.2, 0.25) is 10.0 Å². The molecular weight excluding hydrogens is 435 g/mol. The molecule has 3 N–H and O–H groups in total. The molecule has 0 aliphatic carbocycles. The first-order valence-corrected chi connectivity index (χ1v) is 10.6. The smallest absolute Gasteiger partial charge is 0.146 e. The largest absolute Gasteiger partial charge is 0.487 e. The Balaban J connectivity index is 1.65. The maximum Gasteiger partial charge on any atom is 0.146 e. The number of halogens is 2. The highest BCUT2D eigenvalue weighted by atomic mass is 35.5. The van der Waals surface area contributed by atoms with Crippen molar-refractivity contribution in [1.29, 1.82) is 0 Å². The van der Waals surface area contributed by atoms with Gasteiger partial charge in [0.25, 0.3) is 0 Å². The maximum atomic E-state index is 6.55. The molecule has 9 heteroatoms. The van der Waals surface area contributed by atoms with Crippen LogP contribution in [0.15, 0.2) is 49.2 Å². The van der Waals surface area contributed by atoms with Crippen LogP contribution in [0.1, 0.15) is 17.7 Å². The Kier molecular flexibility index (Phi) is 6.56. The molecule has 7 nitrogen and oxygen atoms in total. The molecule has 0 unspecified atom stereocenters. The zero-order valence-electron chi connectivity index (χ0n) is 17.0. The molecule has 0 fully saturated rings. The van der Waals surface area contributed by atoms with Gasteiger partial charge in [0, 0.05) is 41.8 Å². The number of ether oxygens (including phenoxy) is 1. The number of aryl methyl sites for hydroxylation is 1. The molecule has 0 aliphatic heterocycles. The summed E-state index contributed by atoms with van der Waals surface area (Å²) in [4.78, 5) is 13.1. The van der Waals surface area contributed by atoms with E-state index < -0.39 is 0 Å². The molecule has 0 aliphatic rings. The SMILES string of the molecule is Cc1cc(-n2ccnc2)c2cccc(OCc3c(Cl)cnc(NCCCN)c3Cl)c2n1. The summed E-state index contributed by atoms with van der Waals surface area (Å²) in [7, 11) is 0. The van der Waals surface area contributed by atoms with Crippen molar-refractivity contribution in [3.05, 3.63) is 70.5 Å². The Hall–Kier alpha value is -2.87. The van der Waals surface area contributed by atoms with Gasteiger partial charge in [0.2, 0.25) is 0 Å². The Labute approximate surface area is 190 Å². The Morgan fingerprint density at radius 1 is 1.26 bits per heavy atom. The molecular formula is C22H22Cl2N6O.